The number of ether oxygens (including phenoxy) is 2. The van der Waals surface area contributed by atoms with Crippen molar-refractivity contribution in [2.45, 2.75) is 25.4 Å². The first kappa shape index (κ1) is 19.3. The van der Waals surface area contributed by atoms with Crippen molar-refractivity contribution in [2.75, 3.05) is 19.5 Å². The highest BCUT2D eigenvalue weighted by atomic mass is 31.2. The third-order valence-electron chi connectivity index (χ3n) is 4.44. The van der Waals surface area contributed by atoms with Crippen LogP contribution in [0, 0.1) is 17.2 Å². The Morgan fingerprint density at radius 3 is 2.67 bits per heavy atom. The van der Waals surface area contributed by atoms with Crippen molar-refractivity contribution in [3.63, 3.8) is 0 Å². The first-order valence-corrected chi connectivity index (χ1v) is 11.3. The van der Waals surface area contributed by atoms with E-state index in [-0.39, 0.29) is 17.8 Å². The zero-order chi connectivity index (χ0) is 19.6. The first-order valence-electron chi connectivity index (χ1n) is 8.55. The van der Waals surface area contributed by atoms with Crippen LogP contribution in [-0.4, -0.2) is 52.4 Å². The van der Waals surface area contributed by atoms with E-state index >= 15 is 0 Å². The summed E-state index contributed by atoms with van der Waals surface area (Å²) in [6.45, 7) is 5.29. The molecule has 1 fully saturated rings. The molecule has 9 heteroatoms. The monoisotopic (exact) mass is 388 g/mol. The Morgan fingerprint density at radius 1 is 1.37 bits per heavy atom. The van der Waals surface area contributed by atoms with Gasteiger partial charge in [-0.05, 0) is 25.5 Å². The van der Waals surface area contributed by atoms with Crippen LogP contribution < -0.4 is 0 Å². The van der Waals surface area contributed by atoms with Crippen LogP contribution in [0.25, 0.3) is 0 Å². The maximum atomic E-state index is 12.5. The number of hydrogen-bond acceptors (Lipinski definition) is 7. The molecular formula is C18H21N4O4P. The molecule has 1 aliphatic heterocycles. The van der Waals surface area contributed by atoms with Gasteiger partial charge in [0.1, 0.15) is 12.4 Å². The quantitative estimate of drug-likeness (QED) is 0.572. The van der Waals surface area contributed by atoms with Crippen LogP contribution in [-0.2, 0) is 14.0 Å². The van der Waals surface area contributed by atoms with E-state index < -0.39 is 25.4 Å². The second kappa shape index (κ2) is 7.63. The molecule has 0 spiro atoms. The van der Waals surface area contributed by atoms with Crippen LogP contribution in [0.1, 0.15) is 29.3 Å². The normalized spacial score (nSPS) is 25.1. The molecule has 4 atom stereocenters. The SMILES string of the molecule is C[C@H]1[C@@H](OC(=O)c2ccccc2)[C@H](n2cnc(C#N)n2)O[C@@H]1CP(C)(C)=O. The average Bonchev–Trinajstić information content (AvgIpc) is 3.21. The molecule has 0 bridgehead atoms. The minimum absolute atomic E-state index is 0.000469. The van der Waals surface area contributed by atoms with Gasteiger partial charge in [0.25, 0.3) is 5.82 Å². The van der Waals surface area contributed by atoms with E-state index in [1.165, 1.54) is 11.0 Å². The van der Waals surface area contributed by atoms with Crippen molar-refractivity contribution in [3.05, 3.63) is 48.0 Å². The fourth-order valence-corrected chi connectivity index (χ4v) is 4.37. The molecule has 142 valence electrons. The van der Waals surface area contributed by atoms with Crippen LogP contribution in [0.15, 0.2) is 36.7 Å². The summed E-state index contributed by atoms with van der Waals surface area (Å²) in [6.07, 6.45) is -0.0105. The lowest BCUT2D eigenvalue weighted by Gasteiger charge is -2.21. The Labute approximate surface area is 157 Å². The summed E-state index contributed by atoms with van der Waals surface area (Å²) in [5.41, 5.74) is 0.430. The van der Waals surface area contributed by atoms with Gasteiger partial charge in [-0.1, -0.05) is 25.1 Å². The smallest absolute Gasteiger partial charge is 0.338 e. The molecule has 0 N–H and O–H groups in total. The van der Waals surface area contributed by atoms with E-state index in [9.17, 15) is 9.36 Å². The molecule has 0 saturated carbocycles. The van der Waals surface area contributed by atoms with Crippen LogP contribution in [0.4, 0.5) is 0 Å². The summed E-state index contributed by atoms with van der Waals surface area (Å²) < 4.78 is 25.5. The third-order valence-corrected chi connectivity index (χ3v) is 5.68. The molecule has 1 aromatic carbocycles. The first-order chi connectivity index (χ1) is 12.8. The summed E-state index contributed by atoms with van der Waals surface area (Å²) in [6, 6.07) is 10.5. The lowest BCUT2D eigenvalue weighted by Crippen LogP contribution is -2.31. The zero-order valence-corrected chi connectivity index (χ0v) is 16.2. The van der Waals surface area contributed by atoms with Gasteiger partial charge < -0.3 is 14.0 Å². The second-order valence-corrected chi connectivity index (χ2v) is 10.6. The fraction of sp³-hybridized carbons (Fsp3) is 0.444. The molecule has 2 aromatic rings. The summed E-state index contributed by atoms with van der Waals surface area (Å²) in [5.74, 6) is -0.677. The second-order valence-electron chi connectivity index (χ2n) is 7.08. The molecular weight excluding hydrogens is 367 g/mol. The summed E-state index contributed by atoms with van der Waals surface area (Å²) >= 11 is 0. The Kier molecular flexibility index (Phi) is 5.45. The fourth-order valence-electron chi connectivity index (χ4n) is 3.09. The van der Waals surface area contributed by atoms with Crippen LogP contribution in [0.3, 0.4) is 0 Å². The van der Waals surface area contributed by atoms with Crippen molar-refractivity contribution in [1.29, 1.82) is 5.26 Å². The lowest BCUT2D eigenvalue weighted by atomic mass is 10.0. The standard InChI is InChI=1S/C18H21N4O4P/c1-12-14(10-27(2,3)24)25-17(22-11-20-15(9-19)21-22)16(12)26-18(23)13-7-5-4-6-8-13/h4-8,11-12,14,16-17H,10H2,1-3H3/t12-,14-,16-,17-/m1/s1. The molecule has 2 heterocycles. The van der Waals surface area contributed by atoms with Gasteiger partial charge >= 0.3 is 5.97 Å². The highest BCUT2D eigenvalue weighted by Gasteiger charge is 2.47. The van der Waals surface area contributed by atoms with Crippen molar-refractivity contribution in [2.24, 2.45) is 5.92 Å². The van der Waals surface area contributed by atoms with Gasteiger partial charge in [0.05, 0.1) is 18.8 Å². The molecule has 3 rings (SSSR count). The molecule has 1 saturated heterocycles. The van der Waals surface area contributed by atoms with E-state index in [1.807, 2.05) is 19.1 Å². The predicted octanol–water partition coefficient (Wildman–Crippen LogP) is 2.53. The largest absolute Gasteiger partial charge is 0.453 e. The number of hydrogen-bond donors (Lipinski definition) is 0. The Morgan fingerprint density at radius 2 is 2.07 bits per heavy atom. The van der Waals surface area contributed by atoms with Crippen molar-refractivity contribution in [3.8, 4) is 6.07 Å². The third kappa shape index (κ3) is 4.44. The molecule has 1 aromatic heterocycles. The number of benzene rings is 1. The van der Waals surface area contributed by atoms with E-state index in [2.05, 4.69) is 10.1 Å². The van der Waals surface area contributed by atoms with Gasteiger partial charge in [-0.25, -0.2) is 14.5 Å². The van der Waals surface area contributed by atoms with Crippen LogP contribution >= 0.6 is 7.14 Å². The summed E-state index contributed by atoms with van der Waals surface area (Å²) in [7, 11) is -2.35. The van der Waals surface area contributed by atoms with Gasteiger partial charge in [0, 0.05) is 12.1 Å². The van der Waals surface area contributed by atoms with E-state index in [1.54, 1.807) is 37.6 Å². The molecule has 0 amide bonds. The molecule has 27 heavy (non-hydrogen) atoms. The lowest BCUT2D eigenvalue weighted by molar-refractivity contribution is -0.0508. The number of carbonyl (C=O) groups excluding carboxylic acids is 1. The van der Waals surface area contributed by atoms with Crippen LogP contribution in [0.2, 0.25) is 0 Å². The highest BCUT2D eigenvalue weighted by molar-refractivity contribution is 7.62. The van der Waals surface area contributed by atoms with Gasteiger partial charge in [-0.3, -0.25) is 0 Å². The van der Waals surface area contributed by atoms with Crippen LogP contribution in [0.5, 0.6) is 0 Å². The number of carbonyl (C=O) groups is 1. The van der Waals surface area contributed by atoms with Gasteiger partial charge in [0.15, 0.2) is 12.3 Å². The van der Waals surface area contributed by atoms with Gasteiger partial charge in [0.2, 0.25) is 0 Å². The van der Waals surface area contributed by atoms with Gasteiger partial charge in [-0.2, -0.15) is 5.26 Å². The van der Waals surface area contributed by atoms with E-state index in [0.717, 1.165) is 0 Å². The summed E-state index contributed by atoms with van der Waals surface area (Å²) in [5, 5.41) is 13.0. The minimum atomic E-state index is -2.35. The molecule has 0 radical (unpaired) electrons. The molecule has 0 aliphatic carbocycles. The zero-order valence-electron chi connectivity index (χ0n) is 15.3. The number of nitrogens with zero attached hydrogens (tertiary/aromatic N) is 4. The number of nitriles is 1. The maximum absolute atomic E-state index is 12.5. The molecule has 8 nitrogen and oxygen atoms in total. The Hall–Kier alpha value is -2.49. The van der Waals surface area contributed by atoms with Crippen molar-refractivity contribution >= 4 is 13.1 Å². The minimum Gasteiger partial charge on any atom is -0.453 e. The molecule has 1 aliphatic rings. The number of aromatic nitrogens is 3. The predicted molar refractivity (Wildman–Crippen MR) is 97.8 cm³/mol. The number of rotatable bonds is 5. The Bertz CT molecular complexity index is 902. The average molecular weight is 388 g/mol. The maximum Gasteiger partial charge on any atom is 0.338 e. The topological polar surface area (TPSA) is 107 Å². The van der Waals surface area contributed by atoms with Crippen molar-refractivity contribution < 1.29 is 18.8 Å². The highest BCUT2D eigenvalue weighted by Crippen LogP contribution is 2.44. The summed E-state index contributed by atoms with van der Waals surface area (Å²) in [4.78, 5) is 16.4. The van der Waals surface area contributed by atoms with E-state index in [0.29, 0.717) is 11.7 Å². The van der Waals surface area contributed by atoms with Crippen molar-refractivity contribution in [1.82, 2.24) is 14.8 Å². The van der Waals surface area contributed by atoms with E-state index in [4.69, 9.17) is 14.7 Å². The molecule has 0 unspecified atom stereocenters. The number of esters is 1. The Balaban J connectivity index is 1.87. The van der Waals surface area contributed by atoms with Gasteiger partial charge in [-0.15, -0.1) is 5.10 Å².